The number of aromatic nitrogens is 1. The zero-order valence-electron chi connectivity index (χ0n) is 10.3. The Labute approximate surface area is 110 Å². The number of aryl methyl sites for hydroxylation is 1. The molecule has 19 heavy (non-hydrogen) atoms. The van der Waals surface area contributed by atoms with Crippen molar-refractivity contribution in [2.24, 2.45) is 0 Å². The van der Waals surface area contributed by atoms with Gasteiger partial charge in [0.1, 0.15) is 6.26 Å². The summed E-state index contributed by atoms with van der Waals surface area (Å²) in [6.45, 7) is 0. The number of anilines is 1. The number of aromatic carboxylic acids is 1. The molecular formula is C14H14N2O3. The Morgan fingerprint density at radius 1 is 1.42 bits per heavy atom. The molecule has 0 fully saturated rings. The van der Waals surface area contributed by atoms with E-state index in [9.17, 15) is 4.79 Å². The van der Waals surface area contributed by atoms with E-state index in [1.165, 1.54) is 11.1 Å². The lowest BCUT2D eigenvalue weighted by Crippen LogP contribution is -2.17. The van der Waals surface area contributed by atoms with E-state index in [0.717, 1.165) is 25.5 Å². The van der Waals surface area contributed by atoms with Crippen molar-refractivity contribution in [3.63, 3.8) is 0 Å². The molecule has 0 saturated heterocycles. The quantitative estimate of drug-likeness (QED) is 0.885. The van der Waals surface area contributed by atoms with Crippen molar-refractivity contribution in [2.75, 3.05) is 5.32 Å². The second-order valence-corrected chi connectivity index (χ2v) is 4.63. The van der Waals surface area contributed by atoms with E-state index in [0.29, 0.717) is 0 Å². The number of carboxylic acid groups (broad SMARTS) is 1. The normalized spacial score (nSPS) is 17.8. The molecule has 0 saturated carbocycles. The maximum atomic E-state index is 10.8. The number of carboxylic acids is 1. The monoisotopic (exact) mass is 258 g/mol. The fraction of sp³-hybridized carbons (Fsp3) is 0.286. The van der Waals surface area contributed by atoms with Crippen molar-refractivity contribution in [3.8, 4) is 0 Å². The summed E-state index contributed by atoms with van der Waals surface area (Å²) in [5.74, 6) is -1.08. The number of benzene rings is 1. The van der Waals surface area contributed by atoms with Crippen LogP contribution >= 0.6 is 0 Å². The van der Waals surface area contributed by atoms with Crippen LogP contribution < -0.4 is 5.32 Å². The van der Waals surface area contributed by atoms with Gasteiger partial charge in [-0.05, 0) is 30.4 Å². The molecule has 1 aliphatic rings. The molecule has 1 atom stereocenters. The molecule has 98 valence electrons. The highest BCUT2D eigenvalue weighted by Crippen LogP contribution is 2.32. The highest BCUT2D eigenvalue weighted by molar-refractivity contribution is 5.85. The largest absolute Gasteiger partial charge is 0.476 e. The molecule has 0 spiro atoms. The molecule has 2 aromatic rings. The van der Waals surface area contributed by atoms with E-state index in [2.05, 4.69) is 22.4 Å². The molecule has 1 aromatic carbocycles. The predicted octanol–water partition coefficient (Wildman–Crippen LogP) is 2.86. The van der Waals surface area contributed by atoms with Crippen molar-refractivity contribution >= 4 is 12.0 Å². The standard InChI is InChI=1S/C14H14N2O3/c17-13(18)12-8-19-14(16-12)15-11-7-3-5-9-4-1-2-6-10(9)11/h1-2,4,6,8,11H,3,5,7H2,(H,15,16)(H,17,18). The second kappa shape index (κ2) is 4.76. The van der Waals surface area contributed by atoms with Crippen LogP contribution in [0.3, 0.4) is 0 Å². The van der Waals surface area contributed by atoms with Crippen molar-refractivity contribution in [3.05, 3.63) is 47.3 Å². The molecule has 3 rings (SSSR count). The first kappa shape index (κ1) is 11.8. The van der Waals surface area contributed by atoms with Crippen LogP contribution in [-0.2, 0) is 6.42 Å². The van der Waals surface area contributed by atoms with E-state index in [1.807, 2.05) is 12.1 Å². The Hall–Kier alpha value is -2.30. The van der Waals surface area contributed by atoms with Gasteiger partial charge in [0.25, 0.3) is 6.01 Å². The van der Waals surface area contributed by atoms with Gasteiger partial charge in [0, 0.05) is 0 Å². The summed E-state index contributed by atoms with van der Waals surface area (Å²) in [4.78, 5) is 14.7. The average molecular weight is 258 g/mol. The summed E-state index contributed by atoms with van der Waals surface area (Å²) in [5.41, 5.74) is 2.49. The zero-order chi connectivity index (χ0) is 13.2. The Bertz CT molecular complexity index is 606. The highest BCUT2D eigenvalue weighted by Gasteiger charge is 2.21. The number of rotatable bonds is 3. The number of carbonyl (C=O) groups is 1. The summed E-state index contributed by atoms with van der Waals surface area (Å²) in [6, 6.07) is 8.66. The number of hydrogen-bond acceptors (Lipinski definition) is 4. The number of hydrogen-bond donors (Lipinski definition) is 2. The number of oxazole rings is 1. The van der Waals surface area contributed by atoms with E-state index < -0.39 is 5.97 Å². The Morgan fingerprint density at radius 3 is 3.05 bits per heavy atom. The van der Waals surface area contributed by atoms with Crippen LogP contribution in [0, 0.1) is 0 Å². The fourth-order valence-electron chi connectivity index (χ4n) is 2.49. The summed E-state index contributed by atoms with van der Waals surface area (Å²) in [6.07, 6.45) is 4.32. The third-order valence-corrected chi connectivity index (χ3v) is 3.39. The topological polar surface area (TPSA) is 75.4 Å². The van der Waals surface area contributed by atoms with Gasteiger partial charge in [-0.15, -0.1) is 0 Å². The summed E-state index contributed by atoms with van der Waals surface area (Å²) in [7, 11) is 0. The van der Waals surface area contributed by atoms with Crippen molar-refractivity contribution in [1.82, 2.24) is 4.98 Å². The number of nitrogens with zero attached hydrogens (tertiary/aromatic N) is 1. The smallest absolute Gasteiger partial charge is 0.357 e. The number of fused-ring (bicyclic) bond motifs is 1. The van der Waals surface area contributed by atoms with Gasteiger partial charge in [-0.2, -0.15) is 4.98 Å². The predicted molar refractivity (Wildman–Crippen MR) is 69.2 cm³/mol. The van der Waals surface area contributed by atoms with Crippen LogP contribution in [-0.4, -0.2) is 16.1 Å². The first-order valence-electron chi connectivity index (χ1n) is 6.27. The lowest BCUT2D eigenvalue weighted by molar-refractivity contribution is 0.0690. The number of nitrogens with one attached hydrogen (secondary N) is 1. The van der Waals surface area contributed by atoms with Gasteiger partial charge in [0.05, 0.1) is 6.04 Å². The van der Waals surface area contributed by atoms with Crippen molar-refractivity contribution < 1.29 is 14.3 Å². The maximum absolute atomic E-state index is 10.8. The Kier molecular flexibility index (Phi) is 2.95. The van der Waals surface area contributed by atoms with Crippen LogP contribution in [0.4, 0.5) is 6.01 Å². The van der Waals surface area contributed by atoms with Crippen molar-refractivity contribution in [2.45, 2.75) is 25.3 Å². The molecule has 1 aliphatic carbocycles. The first-order valence-corrected chi connectivity index (χ1v) is 6.27. The average Bonchev–Trinajstić information content (AvgIpc) is 2.88. The molecule has 5 nitrogen and oxygen atoms in total. The van der Waals surface area contributed by atoms with E-state index in [4.69, 9.17) is 9.52 Å². The molecule has 1 heterocycles. The fourth-order valence-corrected chi connectivity index (χ4v) is 2.49. The zero-order valence-corrected chi connectivity index (χ0v) is 10.3. The molecule has 1 aromatic heterocycles. The SMILES string of the molecule is O=C(O)c1coc(NC2CCCc3ccccc32)n1. The molecule has 1 unspecified atom stereocenters. The molecule has 0 radical (unpaired) electrons. The minimum absolute atomic E-state index is 0.0772. The molecule has 0 amide bonds. The Morgan fingerprint density at radius 2 is 2.26 bits per heavy atom. The third kappa shape index (κ3) is 2.31. The van der Waals surface area contributed by atoms with Gasteiger partial charge >= 0.3 is 5.97 Å². The van der Waals surface area contributed by atoms with Crippen molar-refractivity contribution in [1.29, 1.82) is 0 Å². The van der Waals surface area contributed by atoms with E-state index in [-0.39, 0.29) is 17.8 Å². The molecule has 0 aliphatic heterocycles. The maximum Gasteiger partial charge on any atom is 0.357 e. The van der Waals surface area contributed by atoms with Gasteiger partial charge in [-0.3, -0.25) is 0 Å². The second-order valence-electron chi connectivity index (χ2n) is 4.63. The van der Waals surface area contributed by atoms with Crippen LogP contribution in [0.5, 0.6) is 0 Å². The molecule has 0 bridgehead atoms. The molecular weight excluding hydrogens is 244 g/mol. The van der Waals surface area contributed by atoms with Crippen LogP contribution in [0.25, 0.3) is 0 Å². The first-order chi connectivity index (χ1) is 9.24. The highest BCUT2D eigenvalue weighted by atomic mass is 16.4. The van der Waals surface area contributed by atoms with Crippen LogP contribution in [0.2, 0.25) is 0 Å². The minimum Gasteiger partial charge on any atom is -0.476 e. The van der Waals surface area contributed by atoms with Gasteiger partial charge in [-0.1, -0.05) is 24.3 Å². The van der Waals surface area contributed by atoms with Crippen LogP contribution in [0.15, 0.2) is 34.9 Å². The van der Waals surface area contributed by atoms with Gasteiger partial charge in [0.2, 0.25) is 0 Å². The summed E-state index contributed by atoms with van der Waals surface area (Å²) < 4.78 is 5.14. The molecule has 5 heteroatoms. The molecule has 2 N–H and O–H groups in total. The Balaban J connectivity index is 1.82. The lowest BCUT2D eigenvalue weighted by atomic mass is 9.88. The minimum atomic E-state index is -1.08. The van der Waals surface area contributed by atoms with E-state index >= 15 is 0 Å². The van der Waals surface area contributed by atoms with E-state index in [1.54, 1.807) is 0 Å². The third-order valence-electron chi connectivity index (χ3n) is 3.39. The van der Waals surface area contributed by atoms with Crippen LogP contribution in [0.1, 0.15) is 40.5 Å². The summed E-state index contributed by atoms with van der Waals surface area (Å²) >= 11 is 0. The lowest BCUT2D eigenvalue weighted by Gasteiger charge is -2.25. The van der Waals surface area contributed by atoms with Gasteiger partial charge < -0.3 is 14.8 Å². The van der Waals surface area contributed by atoms with Gasteiger partial charge in [0.15, 0.2) is 5.69 Å². The van der Waals surface area contributed by atoms with Gasteiger partial charge in [-0.25, -0.2) is 4.79 Å². The summed E-state index contributed by atoms with van der Waals surface area (Å²) in [5, 5.41) is 12.0.